The highest BCUT2D eigenvalue weighted by atomic mass is 19.1. The van der Waals surface area contributed by atoms with E-state index in [1.165, 1.54) is 24.3 Å². The number of carbonyl (C=O) groups excluding carboxylic acids is 1. The molecular weight excluding hydrogens is 376 g/mol. The van der Waals surface area contributed by atoms with Gasteiger partial charge >= 0.3 is 6.03 Å². The summed E-state index contributed by atoms with van der Waals surface area (Å²) in [7, 11) is 0. The van der Waals surface area contributed by atoms with Crippen molar-refractivity contribution >= 4 is 11.7 Å². The number of urea groups is 1. The van der Waals surface area contributed by atoms with E-state index in [1.807, 2.05) is 20.8 Å². The number of amides is 2. The van der Waals surface area contributed by atoms with Gasteiger partial charge in [0.15, 0.2) is 6.10 Å². The maximum Gasteiger partial charge on any atom is 0.318 e. The lowest BCUT2D eigenvalue weighted by Gasteiger charge is -2.29. The van der Waals surface area contributed by atoms with E-state index < -0.39 is 5.54 Å². The molecule has 0 spiro atoms. The van der Waals surface area contributed by atoms with E-state index in [-0.39, 0.29) is 36.9 Å². The first kappa shape index (κ1) is 20.8. The van der Waals surface area contributed by atoms with Gasteiger partial charge in [-0.25, -0.2) is 13.6 Å². The predicted octanol–water partition coefficient (Wildman–Crippen LogP) is 4.47. The summed E-state index contributed by atoms with van der Waals surface area (Å²) < 4.78 is 27.1. The number of oxime groups is 1. The van der Waals surface area contributed by atoms with Gasteiger partial charge in [-0.15, -0.1) is 0 Å². The molecule has 1 aliphatic heterocycles. The molecule has 2 amide bonds. The fraction of sp³-hybridized carbons (Fsp3) is 0.364. The molecule has 1 atom stereocenters. The van der Waals surface area contributed by atoms with Gasteiger partial charge in [-0.2, -0.15) is 0 Å². The summed E-state index contributed by atoms with van der Waals surface area (Å²) in [5.74, 6) is -0.696. The maximum absolute atomic E-state index is 13.6. The van der Waals surface area contributed by atoms with Crippen LogP contribution in [0.4, 0.5) is 13.6 Å². The molecule has 5 nitrogen and oxygen atoms in total. The van der Waals surface area contributed by atoms with Crippen molar-refractivity contribution in [3.05, 3.63) is 71.3 Å². The Kier molecular flexibility index (Phi) is 6.15. The minimum Gasteiger partial charge on any atom is -0.390 e. The smallest absolute Gasteiger partial charge is 0.318 e. The van der Waals surface area contributed by atoms with Gasteiger partial charge in [0.25, 0.3) is 0 Å². The van der Waals surface area contributed by atoms with Crippen LogP contribution in [0.3, 0.4) is 0 Å². The molecule has 1 N–H and O–H groups in total. The van der Waals surface area contributed by atoms with E-state index in [1.54, 1.807) is 29.2 Å². The third kappa shape index (κ3) is 6.01. The molecule has 0 bridgehead atoms. The molecule has 2 aromatic rings. The maximum atomic E-state index is 13.6. The predicted molar refractivity (Wildman–Crippen MR) is 108 cm³/mol. The highest BCUT2D eigenvalue weighted by Crippen LogP contribution is 2.20. The van der Waals surface area contributed by atoms with Crippen LogP contribution < -0.4 is 5.32 Å². The van der Waals surface area contributed by atoms with Crippen molar-refractivity contribution in [3.63, 3.8) is 0 Å². The van der Waals surface area contributed by atoms with E-state index in [0.717, 1.165) is 0 Å². The standard InChI is InChI=1S/C22H25F2N3O2/c1-22(2,3)25-21(28)27(13-15-6-4-8-17(23)10-15)14-19-12-20(26-29-19)16-7-5-9-18(24)11-16/h4-11,19H,12-14H2,1-3H3,(H,25,28)/t19-/m0/s1. The average molecular weight is 401 g/mol. The molecule has 0 fully saturated rings. The first-order chi connectivity index (χ1) is 13.7. The Hall–Kier alpha value is -2.96. The van der Waals surface area contributed by atoms with Crippen molar-refractivity contribution in [3.8, 4) is 0 Å². The quantitative estimate of drug-likeness (QED) is 0.804. The third-order valence-corrected chi connectivity index (χ3v) is 4.35. The second-order valence-electron chi connectivity index (χ2n) is 8.17. The minimum absolute atomic E-state index is 0.231. The molecule has 1 heterocycles. The molecule has 1 aliphatic rings. The fourth-order valence-corrected chi connectivity index (χ4v) is 3.09. The van der Waals surface area contributed by atoms with Gasteiger partial charge in [0.05, 0.1) is 12.3 Å². The second-order valence-corrected chi connectivity index (χ2v) is 8.17. The normalized spacial score (nSPS) is 16.2. The van der Waals surface area contributed by atoms with Crippen LogP contribution >= 0.6 is 0 Å². The number of benzene rings is 2. The first-order valence-electron chi connectivity index (χ1n) is 9.50. The van der Waals surface area contributed by atoms with E-state index in [0.29, 0.717) is 23.3 Å². The molecule has 154 valence electrons. The Bertz CT molecular complexity index is 909. The Morgan fingerprint density at radius 1 is 1.17 bits per heavy atom. The lowest BCUT2D eigenvalue weighted by Crippen LogP contribution is -2.50. The fourth-order valence-electron chi connectivity index (χ4n) is 3.09. The summed E-state index contributed by atoms with van der Waals surface area (Å²) in [5.41, 5.74) is 1.55. The highest BCUT2D eigenvalue weighted by molar-refractivity contribution is 6.01. The Balaban J connectivity index is 1.70. The average Bonchev–Trinajstić information content (AvgIpc) is 3.08. The zero-order valence-corrected chi connectivity index (χ0v) is 16.8. The summed E-state index contributed by atoms with van der Waals surface area (Å²) in [6.45, 7) is 6.17. The number of hydrogen-bond donors (Lipinski definition) is 1. The Morgan fingerprint density at radius 2 is 1.86 bits per heavy atom. The van der Waals surface area contributed by atoms with Crippen LogP contribution in [0.2, 0.25) is 0 Å². The number of nitrogens with one attached hydrogen (secondary N) is 1. The van der Waals surface area contributed by atoms with Crippen LogP contribution in [0.5, 0.6) is 0 Å². The molecule has 3 rings (SSSR count). The SMILES string of the molecule is CC(C)(C)NC(=O)N(Cc1cccc(F)c1)C[C@@H]1CC(c2cccc(F)c2)=NO1. The number of hydrogen-bond acceptors (Lipinski definition) is 3. The second kappa shape index (κ2) is 8.59. The topological polar surface area (TPSA) is 53.9 Å². The van der Waals surface area contributed by atoms with Crippen LogP contribution in [-0.2, 0) is 11.4 Å². The first-order valence-corrected chi connectivity index (χ1v) is 9.50. The molecule has 0 aliphatic carbocycles. The van der Waals surface area contributed by atoms with E-state index in [2.05, 4.69) is 10.5 Å². The molecule has 29 heavy (non-hydrogen) atoms. The van der Waals surface area contributed by atoms with E-state index >= 15 is 0 Å². The molecule has 0 unspecified atom stereocenters. The molecule has 0 saturated carbocycles. The summed E-state index contributed by atoms with van der Waals surface area (Å²) >= 11 is 0. The molecule has 7 heteroatoms. The summed E-state index contributed by atoms with van der Waals surface area (Å²) in [5, 5.41) is 7.00. The third-order valence-electron chi connectivity index (χ3n) is 4.35. The number of halogens is 2. The van der Waals surface area contributed by atoms with Gasteiger partial charge in [0, 0.05) is 24.1 Å². The summed E-state index contributed by atoms with van der Waals surface area (Å²) in [4.78, 5) is 19.9. The summed E-state index contributed by atoms with van der Waals surface area (Å²) in [6, 6.07) is 12.0. The monoisotopic (exact) mass is 401 g/mol. The van der Waals surface area contributed by atoms with Crippen molar-refractivity contribution in [2.45, 2.75) is 45.4 Å². The molecule has 2 aromatic carbocycles. The van der Waals surface area contributed by atoms with Crippen LogP contribution in [0.15, 0.2) is 53.7 Å². The highest BCUT2D eigenvalue weighted by Gasteiger charge is 2.28. The van der Waals surface area contributed by atoms with Gasteiger partial charge in [-0.1, -0.05) is 29.4 Å². The van der Waals surface area contributed by atoms with Crippen LogP contribution in [0, 0.1) is 11.6 Å². The Morgan fingerprint density at radius 3 is 2.52 bits per heavy atom. The Labute approximate surface area is 169 Å². The largest absolute Gasteiger partial charge is 0.390 e. The van der Waals surface area contributed by atoms with Crippen molar-refractivity contribution in [1.82, 2.24) is 10.2 Å². The number of nitrogens with zero attached hydrogens (tertiary/aromatic N) is 2. The lowest BCUT2D eigenvalue weighted by atomic mass is 10.0. The number of carbonyl (C=O) groups is 1. The summed E-state index contributed by atoms with van der Waals surface area (Å²) in [6.07, 6.45) is 0.0823. The lowest BCUT2D eigenvalue weighted by molar-refractivity contribution is 0.0580. The molecule has 0 saturated heterocycles. The van der Waals surface area contributed by atoms with Gasteiger partial charge in [-0.3, -0.25) is 0 Å². The molecular formula is C22H25F2N3O2. The van der Waals surface area contributed by atoms with Gasteiger partial charge < -0.3 is 15.1 Å². The van der Waals surface area contributed by atoms with Gasteiger partial charge in [0.1, 0.15) is 11.6 Å². The number of rotatable bonds is 5. The van der Waals surface area contributed by atoms with Crippen molar-refractivity contribution in [2.24, 2.45) is 5.16 Å². The van der Waals surface area contributed by atoms with Gasteiger partial charge in [-0.05, 0) is 50.6 Å². The van der Waals surface area contributed by atoms with Crippen LogP contribution in [0.25, 0.3) is 0 Å². The molecule has 0 aromatic heterocycles. The van der Waals surface area contributed by atoms with Crippen LogP contribution in [0.1, 0.15) is 38.3 Å². The molecule has 0 radical (unpaired) electrons. The minimum atomic E-state index is -0.420. The van der Waals surface area contributed by atoms with Crippen molar-refractivity contribution in [1.29, 1.82) is 0 Å². The van der Waals surface area contributed by atoms with Crippen molar-refractivity contribution < 1.29 is 18.4 Å². The van der Waals surface area contributed by atoms with Gasteiger partial charge in [0.2, 0.25) is 0 Å². The van der Waals surface area contributed by atoms with E-state index in [9.17, 15) is 13.6 Å². The zero-order chi connectivity index (χ0) is 21.0. The van der Waals surface area contributed by atoms with Crippen molar-refractivity contribution in [2.75, 3.05) is 6.54 Å². The zero-order valence-electron chi connectivity index (χ0n) is 16.8. The van der Waals surface area contributed by atoms with E-state index in [4.69, 9.17) is 4.84 Å². The van der Waals surface area contributed by atoms with Crippen LogP contribution in [-0.4, -0.2) is 34.8 Å².